The van der Waals surface area contributed by atoms with Gasteiger partial charge in [0.05, 0.1) is 0 Å². The molecular weight excluding hydrogens is 346 g/mol. The zero-order chi connectivity index (χ0) is 8.93. The summed E-state index contributed by atoms with van der Waals surface area (Å²) in [7, 11) is 0. The van der Waals surface area contributed by atoms with E-state index in [-0.39, 0.29) is 38.6 Å². The molecule has 0 aliphatic rings. The van der Waals surface area contributed by atoms with E-state index in [2.05, 4.69) is 60.7 Å². The molecule has 0 nitrogen and oxygen atoms in total. The molecular formula is C12H11BrSb. The van der Waals surface area contributed by atoms with Crippen molar-refractivity contribution >= 4 is 45.6 Å². The summed E-state index contributed by atoms with van der Waals surface area (Å²) >= 11 is -0.335. The summed E-state index contributed by atoms with van der Waals surface area (Å²) in [6.45, 7) is 0. The fourth-order valence-corrected chi connectivity index (χ4v) is 3.84. The van der Waals surface area contributed by atoms with Crippen molar-refractivity contribution in [3.63, 3.8) is 0 Å². The second kappa shape index (κ2) is 6.26. The van der Waals surface area contributed by atoms with Gasteiger partial charge in [0.2, 0.25) is 0 Å². The first-order chi connectivity index (χ1) is 6.45. The van der Waals surface area contributed by atoms with Crippen molar-refractivity contribution in [1.82, 2.24) is 0 Å². The summed E-state index contributed by atoms with van der Waals surface area (Å²) in [5, 5.41) is 0. The van der Waals surface area contributed by atoms with Crippen LogP contribution < -0.4 is 7.02 Å². The molecule has 2 heteroatoms. The summed E-state index contributed by atoms with van der Waals surface area (Å²) in [6, 6.07) is 21.5. The molecule has 0 amide bonds. The fraction of sp³-hybridized carbons (Fsp3) is 0. The second-order valence-electron chi connectivity index (χ2n) is 2.78. The number of hydrogen-bond donors (Lipinski definition) is 0. The molecule has 0 N–H and O–H groups in total. The van der Waals surface area contributed by atoms with Crippen LogP contribution in [-0.4, -0.2) is 21.6 Å². The Morgan fingerprint density at radius 1 is 0.571 bits per heavy atom. The van der Waals surface area contributed by atoms with Crippen molar-refractivity contribution in [2.24, 2.45) is 0 Å². The molecule has 0 aliphatic heterocycles. The van der Waals surface area contributed by atoms with Crippen LogP contribution in [0.3, 0.4) is 0 Å². The van der Waals surface area contributed by atoms with Crippen molar-refractivity contribution < 1.29 is 0 Å². The maximum absolute atomic E-state index is 2.23. The molecule has 14 heavy (non-hydrogen) atoms. The van der Waals surface area contributed by atoms with Gasteiger partial charge in [-0.3, -0.25) is 0 Å². The quantitative estimate of drug-likeness (QED) is 0.721. The molecule has 0 saturated carbocycles. The second-order valence-corrected chi connectivity index (χ2v) is 6.37. The number of hydrogen-bond acceptors (Lipinski definition) is 0. The molecule has 2 aromatic rings. The molecule has 0 aromatic heterocycles. The van der Waals surface area contributed by atoms with Gasteiger partial charge < -0.3 is 0 Å². The third-order valence-corrected chi connectivity index (χ3v) is 4.95. The van der Waals surface area contributed by atoms with E-state index in [0.29, 0.717) is 0 Å². The van der Waals surface area contributed by atoms with E-state index in [1.807, 2.05) is 0 Å². The predicted octanol–water partition coefficient (Wildman–Crippen LogP) is 1.92. The first-order valence-electron chi connectivity index (χ1n) is 4.27. The van der Waals surface area contributed by atoms with E-state index in [0.717, 1.165) is 0 Å². The third kappa shape index (κ3) is 3.47. The predicted molar refractivity (Wildman–Crippen MR) is 68.2 cm³/mol. The van der Waals surface area contributed by atoms with Crippen LogP contribution in [0.1, 0.15) is 0 Å². The van der Waals surface area contributed by atoms with Crippen molar-refractivity contribution in [2.75, 3.05) is 0 Å². The minimum absolute atomic E-state index is 0. The van der Waals surface area contributed by atoms with Gasteiger partial charge in [0.15, 0.2) is 0 Å². The van der Waals surface area contributed by atoms with Crippen LogP contribution in [0, 0.1) is 0 Å². The van der Waals surface area contributed by atoms with Crippen molar-refractivity contribution in [2.45, 2.75) is 0 Å². The van der Waals surface area contributed by atoms with Gasteiger partial charge in [-0.2, -0.15) is 0 Å². The fourth-order valence-electron chi connectivity index (χ4n) is 1.15. The summed E-state index contributed by atoms with van der Waals surface area (Å²) in [5.41, 5.74) is 0. The van der Waals surface area contributed by atoms with Crippen LogP contribution in [0.15, 0.2) is 60.7 Å². The van der Waals surface area contributed by atoms with E-state index < -0.39 is 0 Å². The molecule has 0 saturated heterocycles. The minimum atomic E-state index is -0.335. The van der Waals surface area contributed by atoms with Gasteiger partial charge in [-0.1, -0.05) is 0 Å². The Labute approximate surface area is 106 Å². The Hall–Kier alpha value is -0.262. The maximum atomic E-state index is 2.23. The summed E-state index contributed by atoms with van der Waals surface area (Å²) in [6.07, 6.45) is 0. The van der Waals surface area contributed by atoms with Crippen LogP contribution in [-0.2, 0) is 0 Å². The first-order valence-corrected chi connectivity index (χ1v) is 6.82. The summed E-state index contributed by atoms with van der Waals surface area (Å²) in [5.74, 6) is 0. The number of halogens is 1. The average Bonchev–Trinajstić information content (AvgIpc) is 2.21. The molecule has 1 radical (unpaired) electrons. The van der Waals surface area contributed by atoms with E-state index in [1.54, 1.807) is 0 Å². The van der Waals surface area contributed by atoms with E-state index in [4.69, 9.17) is 0 Å². The van der Waals surface area contributed by atoms with Crippen LogP contribution in [0.25, 0.3) is 0 Å². The molecule has 0 aliphatic carbocycles. The Morgan fingerprint density at radius 2 is 0.929 bits per heavy atom. The zero-order valence-electron chi connectivity index (χ0n) is 7.63. The molecule has 0 atom stereocenters. The molecule has 0 bridgehead atoms. The Balaban J connectivity index is 0.000000980. The van der Waals surface area contributed by atoms with Crippen LogP contribution >= 0.6 is 17.0 Å². The van der Waals surface area contributed by atoms with Gasteiger partial charge in [-0.05, 0) is 0 Å². The molecule has 2 aromatic carbocycles. The number of rotatable bonds is 2. The Bertz CT molecular complexity index is 321. The molecule has 2 rings (SSSR count). The van der Waals surface area contributed by atoms with E-state index in [9.17, 15) is 0 Å². The van der Waals surface area contributed by atoms with Gasteiger partial charge in [0.1, 0.15) is 0 Å². The topological polar surface area (TPSA) is 0 Å². The monoisotopic (exact) mass is 355 g/mol. The van der Waals surface area contributed by atoms with Crippen molar-refractivity contribution in [3.05, 3.63) is 60.7 Å². The summed E-state index contributed by atoms with van der Waals surface area (Å²) < 4.78 is 3.04. The van der Waals surface area contributed by atoms with Gasteiger partial charge in [0, 0.05) is 0 Å². The average molecular weight is 357 g/mol. The van der Waals surface area contributed by atoms with Gasteiger partial charge in [-0.15, -0.1) is 17.0 Å². The Kier molecular flexibility index (Phi) is 5.29. The Morgan fingerprint density at radius 3 is 1.29 bits per heavy atom. The summed E-state index contributed by atoms with van der Waals surface area (Å²) in [4.78, 5) is 0. The molecule has 71 valence electrons. The first kappa shape index (κ1) is 11.8. The van der Waals surface area contributed by atoms with Crippen molar-refractivity contribution in [3.8, 4) is 0 Å². The van der Waals surface area contributed by atoms with Crippen molar-refractivity contribution in [1.29, 1.82) is 0 Å². The van der Waals surface area contributed by atoms with Crippen LogP contribution in [0.4, 0.5) is 0 Å². The molecule has 0 unspecified atom stereocenters. The third-order valence-electron chi connectivity index (χ3n) is 1.77. The standard InChI is InChI=1S/2C6H5.BrH.Sb/c2*1-2-4-6-5-3-1;;/h2*1-5H;1H;. The van der Waals surface area contributed by atoms with Gasteiger partial charge in [-0.25, -0.2) is 0 Å². The van der Waals surface area contributed by atoms with Crippen LogP contribution in [0.5, 0.6) is 0 Å². The normalized spacial score (nSPS) is 9.14. The molecule has 0 heterocycles. The van der Waals surface area contributed by atoms with E-state index >= 15 is 0 Å². The number of benzene rings is 2. The zero-order valence-corrected chi connectivity index (χ0v) is 11.9. The van der Waals surface area contributed by atoms with Gasteiger partial charge in [0.25, 0.3) is 0 Å². The van der Waals surface area contributed by atoms with Crippen LogP contribution in [0.2, 0.25) is 0 Å². The van der Waals surface area contributed by atoms with Gasteiger partial charge >= 0.3 is 89.3 Å². The SMILES string of the molecule is Br.c1cc[c]([Sb][c]2ccccc2)cc1. The van der Waals surface area contributed by atoms with E-state index in [1.165, 1.54) is 7.02 Å². The molecule has 0 spiro atoms. The molecule has 0 fully saturated rings.